The summed E-state index contributed by atoms with van der Waals surface area (Å²) in [6.45, 7) is 3.23. The monoisotopic (exact) mass is 212 g/mol. The van der Waals surface area contributed by atoms with E-state index in [4.69, 9.17) is 6.42 Å². The van der Waals surface area contributed by atoms with Gasteiger partial charge in [0.05, 0.1) is 0 Å². The van der Waals surface area contributed by atoms with Crippen molar-refractivity contribution in [1.82, 2.24) is 4.98 Å². The van der Waals surface area contributed by atoms with Crippen LogP contribution in [0.2, 0.25) is 0 Å². The second-order valence-corrected chi connectivity index (χ2v) is 4.12. The molecule has 1 fully saturated rings. The molecule has 0 spiro atoms. The fraction of sp³-hybridized carbons (Fsp3) is 0.357. The highest BCUT2D eigenvalue weighted by atomic mass is 15.2. The average molecular weight is 212 g/mol. The molecule has 0 radical (unpaired) electrons. The second kappa shape index (κ2) is 4.85. The molecule has 0 aromatic carbocycles. The first-order valence-corrected chi connectivity index (χ1v) is 5.67. The minimum atomic E-state index is 0.520. The first-order chi connectivity index (χ1) is 7.83. The van der Waals surface area contributed by atoms with Gasteiger partial charge in [-0.15, -0.1) is 6.42 Å². The number of allylic oxidation sites excluding steroid dienone is 2. The van der Waals surface area contributed by atoms with Gasteiger partial charge in [0, 0.05) is 24.5 Å². The quantitative estimate of drug-likeness (QED) is 0.665. The van der Waals surface area contributed by atoms with E-state index in [-0.39, 0.29) is 0 Å². The summed E-state index contributed by atoms with van der Waals surface area (Å²) in [6, 6.07) is 5.97. The normalized spacial score (nSPS) is 23.1. The van der Waals surface area contributed by atoms with E-state index in [1.165, 1.54) is 18.5 Å². The minimum Gasteiger partial charge on any atom is -0.329 e. The van der Waals surface area contributed by atoms with Gasteiger partial charge in [0.15, 0.2) is 0 Å². The highest BCUT2D eigenvalue weighted by molar-refractivity contribution is 5.48. The number of terminal acetylenes is 1. The molecule has 2 rings (SSSR count). The molecule has 0 amide bonds. The zero-order valence-corrected chi connectivity index (χ0v) is 9.56. The third-order valence-electron chi connectivity index (χ3n) is 2.99. The van der Waals surface area contributed by atoms with Crippen LogP contribution in [0.25, 0.3) is 0 Å². The molecule has 2 heteroatoms. The molecule has 16 heavy (non-hydrogen) atoms. The Morgan fingerprint density at radius 1 is 1.56 bits per heavy atom. The van der Waals surface area contributed by atoms with Crippen LogP contribution in [-0.2, 0) is 0 Å². The Morgan fingerprint density at radius 3 is 3.12 bits per heavy atom. The maximum atomic E-state index is 5.39. The summed E-state index contributed by atoms with van der Waals surface area (Å²) in [5.74, 6) is 4.15. The Hall–Kier alpha value is -1.75. The zero-order valence-electron chi connectivity index (χ0n) is 9.56. The number of hydrogen-bond acceptors (Lipinski definition) is 2. The number of hydrogen-bond donors (Lipinski definition) is 0. The van der Waals surface area contributed by atoms with Crippen molar-refractivity contribution in [2.45, 2.75) is 19.8 Å². The Kier molecular flexibility index (Phi) is 3.26. The number of nitrogens with zero attached hydrogens (tertiary/aromatic N) is 2. The van der Waals surface area contributed by atoms with Gasteiger partial charge < -0.3 is 4.90 Å². The van der Waals surface area contributed by atoms with Crippen LogP contribution in [0.5, 0.6) is 0 Å². The van der Waals surface area contributed by atoms with Crippen LogP contribution < -0.4 is 4.90 Å². The SMILES string of the molecule is C#CC=C1C(C)CCCN1c1ccccn1. The van der Waals surface area contributed by atoms with E-state index >= 15 is 0 Å². The molecule has 0 bridgehead atoms. The fourth-order valence-electron chi connectivity index (χ4n) is 2.16. The van der Waals surface area contributed by atoms with Crippen molar-refractivity contribution in [3.05, 3.63) is 36.2 Å². The van der Waals surface area contributed by atoms with Crippen molar-refractivity contribution in [1.29, 1.82) is 0 Å². The lowest BCUT2D eigenvalue weighted by Gasteiger charge is -2.34. The summed E-state index contributed by atoms with van der Waals surface area (Å²) in [4.78, 5) is 6.62. The summed E-state index contributed by atoms with van der Waals surface area (Å²) in [6.07, 6.45) is 11.5. The molecule has 1 atom stereocenters. The Balaban J connectivity index is 2.32. The van der Waals surface area contributed by atoms with Gasteiger partial charge >= 0.3 is 0 Å². The standard InChI is InChI=1S/C14H16N2/c1-3-7-13-12(2)8-6-11-16(13)14-9-4-5-10-15-14/h1,4-5,7,9-10,12H,6,8,11H2,2H3. The maximum absolute atomic E-state index is 5.39. The molecule has 1 unspecified atom stereocenters. The van der Waals surface area contributed by atoms with Crippen molar-refractivity contribution in [2.24, 2.45) is 5.92 Å². The molecule has 1 saturated heterocycles. The summed E-state index contributed by atoms with van der Waals surface area (Å²) in [7, 11) is 0. The highest BCUT2D eigenvalue weighted by Gasteiger charge is 2.22. The maximum Gasteiger partial charge on any atom is 0.132 e. The number of pyridine rings is 1. The highest BCUT2D eigenvalue weighted by Crippen LogP contribution is 2.29. The van der Waals surface area contributed by atoms with E-state index in [1.54, 1.807) is 0 Å². The van der Waals surface area contributed by atoms with E-state index in [0.29, 0.717) is 5.92 Å². The topological polar surface area (TPSA) is 16.1 Å². The van der Waals surface area contributed by atoms with E-state index in [0.717, 1.165) is 12.4 Å². The van der Waals surface area contributed by atoms with E-state index in [1.807, 2.05) is 30.5 Å². The van der Waals surface area contributed by atoms with E-state index in [2.05, 4.69) is 22.7 Å². The predicted molar refractivity (Wildman–Crippen MR) is 66.9 cm³/mol. The van der Waals surface area contributed by atoms with Gasteiger partial charge in [-0.3, -0.25) is 0 Å². The molecule has 1 aliphatic heterocycles. The molecule has 0 N–H and O–H groups in total. The van der Waals surface area contributed by atoms with Crippen molar-refractivity contribution in [2.75, 3.05) is 11.4 Å². The number of anilines is 1. The Morgan fingerprint density at radius 2 is 2.44 bits per heavy atom. The number of rotatable bonds is 1. The van der Waals surface area contributed by atoms with Crippen molar-refractivity contribution in [3.8, 4) is 12.3 Å². The van der Waals surface area contributed by atoms with Crippen LogP contribution in [0, 0.1) is 18.3 Å². The fourth-order valence-corrected chi connectivity index (χ4v) is 2.16. The second-order valence-electron chi connectivity index (χ2n) is 4.12. The molecule has 1 aromatic rings. The van der Waals surface area contributed by atoms with Crippen molar-refractivity contribution in [3.63, 3.8) is 0 Å². The van der Waals surface area contributed by atoms with Gasteiger partial charge in [-0.2, -0.15) is 0 Å². The Labute approximate surface area is 97.0 Å². The molecule has 1 aliphatic rings. The van der Waals surface area contributed by atoms with E-state index < -0.39 is 0 Å². The lowest BCUT2D eigenvalue weighted by atomic mass is 9.95. The van der Waals surface area contributed by atoms with E-state index in [9.17, 15) is 0 Å². The molecular weight excluding hydrogens is 196 g/mol. The van der Waals surface area contributed by atoms with Crippen LogP contribution in [0.15, 0.2) is 36.2 Å². The lowest BCUT2D eigenvalue weighted by molar-refractivity contribution is 0.508. The van der Waals surface area contributed by atoms with Gasteiger partial charge in [-0.25, -0.2) is 4.98 Å². The van der Waals surface area contributed by atoms with Gasteiger partial charge in [-0.1, -0.05) is 18.9 Å². The largest absolute Gasteiger partial charge is 0.329 e. The third kappa shape index (κ3) is 2.09. The van der Waals surface area contributed by atoms with Crippen LogP contribution in [0.4, 0.5) is 5.82 Å². The van der Waals surface area contributed by atoms with Crippen molar-refractivity contribution >= 4 is 5.82 Å². The van der Waals surface area contributed by atoms with Crippen LogP contribution >= 0.6 is 0 Å². The van der Waals surface area contributed by atoms with Gasteiger partial charge in [0.1, 0.15) is 5.82 Å². The number of piperidine rings is 1. The van der Waals surface area contributed by atoms with Gasteiger partial charge in [0.2, 0.25) is 0 Å². The predicted octanol–water partition coefficient (Wildman–Crippen LogP) is 2.84. The van der Waals surface area contributed by atoms with Crippen LogP contribution in [0.1, 0.15) is 19.8 Å². The molecular formula is C14H16N2. The first-order valence-electron chi connectivity index (χ1n) is 5.67. The molecule has 82 valence electrons. The van der Waals surface area contributed by atoms with Gasteiger partial charge in [-0.05, 0) is 30.9 Å². The minimum absolute atomic E-state index is 0.520. The number of aromatic nitrogens is 1. The summed E-state index contributed by atoms with van der Waals surface area (Å²) in [5.41, 5.74) is 1.22. The van der Waals surface area contributed by atoms with Gasteiger partial charge in [0.25, 0.3) is 0 Å². The molecule has 2 nitrogen and oxygen atoms in total. The third-order valence-corrected chi connectivity index (χ3v) is 2.99. The molecule has 2 heterocycles. The summed E-state index contributed by atoms with van der Waals surface area (Å²) >= 11 is 0. The smallest absolute Gasteiger partial charge is 0.132 e. The van der Waals surface area contributed by atoms with Crippen molar-refractivity contribution < 1.29 is 0 Å². The Bertz CT molecular complexity index is 414. The summed E-state index contributed by atoms with van der Waals surface area (Å²) < 4.78 is 0. The molecule has 0 aliphatic carbocycles. The average Bonchev–Trinajstić information content (AvgIpc) is 2.33. The van der Waals surface area contributed by atoms with Crippen LogP contribution in [-0.4, -0.2) is 11.5 Å². The van der Waals surface area contributed by atoms with Crippen LogP contribution in [0.3, 0.4) is 0 Å². The molecule has 0 saturated carbocycles. The zero-order chi connectivity index (χ0) is 11.4. The summed E-state index contributed by atoms with van der Waals surface area (Å²) in [5, 5.41) is 0. The first kappa shape index (κ1) is 10.8. The molecule has 1 aromatic heterocycles. The lowest BCUT2D eigenvalue weighted by Crippen LogP contribution is -2.32.